The summed E-state index contributed by atoms with van der Waals surface area (Å²) in [6.45, 7) is 7.85. The molecule has 1 atom stereocenters. The predicted octanol–water partition coefficient (Wildman–Crippen LogP) is 4.83. The smallest absolute Gasteiger partial charge is 0.433 e. The number of carbonyl (C=O) groups excluding carboxylic acids is 1. The summed E-state index contributed by atoms with van der Waals surface area (Å²) in [5.74, 6) is -0.558. The molecule has 0 radical (unpaired) electrons. The molecule has 0 N–H and O–H groups in total. The van der Waals surface area contributed by atoms with Crippen molar-refractivity contribution in [2.75, 3.05) is 0 Å². The van der Waals surface area contributed by atoms with Crippen LogP contribution in [-0.4, -0.2) is 15.8 Å². The zero-order valence-corrected chi connectivity index (χ0v) is 18.7. The van der Waals surface area contributed by atoms with Crippen LogP contribution in [0.25, 0.3) is 0 Å². The maximum Gasteiger partial charge on any atom is 0.433 e. The second kappa shape index (κ2) is 7.61. The quantitative estimate of drug-likeness (QED) is 0.433. The molecule has 2 aromatic rings. The summed E-state index contributed by atoms with van der Waals surface area (Å²) >= 11 is 2.01. The average molecular weight is 517 g/mol. The molecule has 1 unspecified atom stereocenters. The van der Waals surface area contributed by atoms with Gasteiger partial charge in [-0.25, -0.2) is 0 Å². The SMILES string of the molecule is CC(C)c1nc2c(c(I)c1C(=O)c1ccc(C(F)(F)F)nc1)C([O-])CC(C)(C)C2. The Hall–Kier alpha value is -1.55. The number of aromatic nitrogens is 2. The van der Waals surface area contributed by atoms with Gasteiger partial charge in [-0.1, -0.05) is 40.2 Å². The summed E-state index contributed by atoms with van der Waals surface area (Å²) < 4.78 is 38.9. The van der Waals surface area contributed by atoms with Gasteiger partial charge in [-0.05, 0) is 58.0 Å². The van der Waals surface area contributed by atoms with E-state index in [0.717, 1.165) is 24.0 Å². The Kier molecular flexibility index (Phi) is 5.81. The van der Waals surface area contributed by atoms with Crippen LogP contribution in [0, 0.1) is 8.99 Å². The standard InChI is InChI=1S/C21H21F3IN2O2/c1-10(2)18-16(19(29)11-5-6-14(26-9-11)21(22,23)24)17(25)15-12(27-18)7-20(3,4)8-13(15)28/h5-6,9-10,13H,7-8H2,1-4H3/q-1. The van der Waals surface area contributed by atoms with Crippen LogP contribution in [0.2, 0.25) is 0 Å². The van der Waals surface area contributed by atoms with Gasteiger partial charge in [-0.15, -0.1) is 0 Å². The van der Waals surface area contributed by atoms with Crippen molar-refractivity contribution in [1.29, 1.82) is 0 Å². The van der Waals surface area contributed by atoms with E-state index in [2.05, 4.69) is 4.98 Å². The summed E-state index contributed by atoms with van der Waals surface area (Å²) in [6, 6.07) is 1.91. The van der Waals surface area contributed by atoms with Gasteiger partial charge in [0, 0.05) is 21.0 Å². The highest BCUT2D eigenvalue weighted by Crippen LogP contribution is 2.42. The van der Waals surface area contributed by atoms with Gasteiger partial charge in [-0.2, -0.15) is 13.2 Å². The number of alkyl halides is 3. The molecule has 0 fully saturated rings. The van der Waals surface area contributed by atoms with Crippen LogP contribution in [0.4, 0.5) is 13.2 Å². The van der Waals surface area contributed by atoms with Gasteiger partial charge in [0.25, 0.3) is 0 Å². The van der Waals surface area contributed by atoms with Gasteiger partial charge in [0.2, 0.25) is 0 Å². The molecule has 29 heavy (non-hydrogen) atoms. The Balaban J connectivity index is 2.14. The highest BCUT2D eigenvalue weighted by Gasteiger charge is 2.35. The van der Waals surface area contributed by atoms with Crippen molar-refractivity contribution in [3.8, 4) is 0 Å². The average Bonchev–Trinajstić information content (AvgIpc) is 2.58. The van der Waals surface area contributed by atoms with Crippen LogP contribution in [0.15, 0.2) is 18.3 Å². The number of pyridine rings is 2. The lowest BCUT2D eigenvalue weighted by Gasteiger charge is -2.41. The second-order valence-corrected chi connectivity index (χ2v) is 9.57. The number of ketones is 1. The van der Waals surface area contributed by atoms with Crippen molar-refractivity contribution in [3.63, 3.8) is 0 Å². The molecular formula is C21H21F3IN2O2-. The largest absolute Gasteiger partial charge is 0.848 e. The fourth-order valence-electron chi connectivity index (χ4n) is 3.70. The molecule has 0 amide bonds. The molecular weight excluding hydrogens is 496 g/mol. The molecule has 1 aliphatic rings. The van der Waals surface area contributed by atoms with E-state index in [-0.39, 0.29) is 16.9 Å². The molecule has 0 spiro atoms. The van der Waals surface area contributed by atoms with Crippen molar-refractivity contribution in [2.45, 2.75) is 58.7 Å². The van der Waals surface area contributed by atoms with Crippen LogP contribution >= 0.6 is 22.6 Å². The molecule has 0 aliphatic heterocycles. The Morgan fingerprint density at radius 2 is 1.97 bits per heavy atom. The first kappa shape index (κ1) is 22.1. The number of hydrogen-bond acceptors (Lipinski definition) is 4. The van der Waals surface area contributed by atoms with Crippen LogP contribution in [0.5, 0.6) is 0 Å². The van der Waals surface area contributed by atoms with Crippen LogP contribution in [0.1, 0.15) is 84.7 Å². The van der Waals surface area contributed by atoms with Gasteiger partial charge in [0.15, 0.2) is 5.78 Å². The van der Waals surface area contributed by atoms with Gasteiger partial charge < -0.3 is 5.11 Å². The minimum atomic E-state index is -4.57. The predicted molar refractivity (Wildman–Crippen MR) is 109 cm³/mol. The molecule has 156 valence electrons. The normalized spacial score (nSPS) is 18.6. The highest BCUT2D eigenvalue weighted by atomic mass is 127. The monoisotopic (exact) mass is 517 g/mol. The second-order valence-electron chi connectivity index (χ2n) is 8.49. The molecule has 8 heteroatoms. The molecule has 3 rings (SSSR count). The minimum Gasteiger partial charge on any atom is -0.848 e. The minimum absolute atomic E-state index is 0.0400. The molecule has 0 aromatic carbocycles. The Morgan fingerprint density at radius 3 is 2.48 bits per heavy atom. The molecule has 2 heterocycles. The van der Waals surface area contributed by atoms with E-state index in [1.165, 1.54) is 0 Å². The molecule has 1 aliphatic carbocycles. The third kappa shape index (κ3) is 4.33. The molecule has 4 nitrogen and oxygen atoms in total. The first-order chi connectivity index (χ1) is 13.3. The molecule has 0 saturated carbocycles. The first-order valence-corrected chi connectivity index (χ1v) is 10.4. The topological polar surface area (TPSA) is 65.9 Å². The number of halogens is 4. The Labute approximate surface area is 181 Å². The van der Waals surface area contributed by atoms with Gasteiger partial charge in [0.1, 0.15) is 5.69 Å². The van der Waals surface area contributed by atoms with E-state index in [0.29, 0.717) is 33.2 Å². The van der Waals surface area contributed by atoms with Crippen molar-refractivity contribution in [2.24, 2.45) is 5.41 Å². The van der Waals surface area contributed by atoms with E-state index in [4.69, 9.17) is 4.98 Å². The summed E-state index contributed by atoms with van der Waals surface area (Å²) in [6.07, 6.45) is -3.55. The van der Waals surface area contributed by atoms with Crippen LogP contribution in [-0.2, 0) is 12.6 Å². The zero-order valence-electron chi connectivity index (χ0n) is 16.5. The number of nitrogens with zero attached hydrogens (tertiary/aromatic N) is 2. The first-order valence-electron chi connectivity index (χ1n) is 9.28. The van der Waals surface area contributed by atoms with Crippen LogP contribution in [0.3, 0.4) is 0 Å². The van der Waals surface area contributed by atoms with Crippen molar-refractivity contribution >= 4 is 28.4 Å². The Morgan fingerprint density at radius 1 is 1.31 bits per heavy atom. The van der Waals surface area contributed by atoms with Crippen molar-refractivity contribution < 1.29 is 23.1 Å². The molecule has 2 aromatic heterocycles. The maximum absolute atomic E-state index is 13.2. The fraction of sp³-hybridized carbons (Fsp3) is 0.476. The van der Waals surface area contributed by atoms with E-state index >= 15 is 0 Å². The van der Waals surface area contributed by atoms with E-state index in [1.54, 1.807) is 0 Å². The maximum atomic E-state index is 13.2. The molecule has 0 bridgehead atoms. The lowest BCUT2D eigenvalue weighted by molar-refractivity contribution is -0.434. The molecule has 0 saturated heterocycles. The highest BCUT2D eigenvalue weighted by molar-refractivity contribution is 14.1. The summed E-state index contributed by atoms with van der Waals surface area (Å²) in [7, 11) is 0. The number of rotatable bonds is 3. The van der Waals surface area contributed by atoms with Crippen molar-refractivity contribution in [3.05, 3.63) is 55.7 Å². The lowest BCUT2D eigenvalue weighted by atomic mass is 9.74. The Bertz CT molecular complexity index is 954. The number of hydrogen-bond donors (Lipinski definition) is 0. The van der Waals surface area contributed by atoms with Gasteiger partial charge in [-0.3, -0.25) is 14.8 Å². The number of fused-ring (bicyclic) bond motifs is 1. The summed E-state index contributed by atoms with van der Waals surface area (Å²) in [5, 5.41) is 12.9. The number of carbonyl (C=O) groups is 1. The van der Waals surface area contributed by atoms with Crippen molar-refractivity contribution in [1.82, 2.24) is 9.97 Å². The zero-order chi connectivity index (χ0) is 21.7. The fourth-order valence-corrected chi connectivity index (χ4v) is 4.88. The lowest BCUT2D eigenvalue weighted by Crippen LogP contribution is -2.34. The summed E-state index contributed by atoms with van der Waals surface area (Å²) in [5.41, 5.74) is 0.918. The third-order valence-corrected chi connectivity index (χ3v) is 6.19. The van der Waals surface area contributed by atoms with Gasteiger partial charge >= 0.3 is 6.18 Å². The van der Waals surface area contributed by atoms with E-state index in [9.17, 15) is 23.1 Å². The summed E-state index contributed by atoms with van der Waals surface area (Å²) in [4.78, 5) is 21.3. The van der Waals surface area contributed by atoms with E-state index in [1.807, 2.05) is 50.3 Å². The third-order valence-electron chi connectivity index (χ3n) is 5.07. The van der Waals surface area contributed by atoms with E-state index < -0.39 is 23.8 Å². The van der Waals surface area contributed by atoms with Crippen LogP contribution < -0.4 is 5.11 Å². The van der Waals surface area contributed by atoms with Gasteiger partial charge in [0.05, 0.1) is 11.3 Å².